The number of carbonyl (C=O) groups is 1. The Labute approximate surface area is 101 Å². The van der Waals surface area contributed by atoms with Crippen molar-refractivity contribution in [2.24, 2.45) is 5.73 Å². The monoisotopic (exact) mass is 238 g/mol. The molecule has 1 amide bonds. The second kappa shape index (κ2) is 6.10. The lowest BCUT2D eigenvalue weighted by atomic mass is 10.1. The van der Waals surface area contributed by atoms with Crippen LogP contribution < -0.4 is 20.5 Å². The molecule has 1 aromatic carbocycles. The van der Waals surface area contributed by atoms with E-state index in [4.69, 9.17) is 15.2 Å². The third-order valence-corrected chi connectivity index (χ3v) is 2.35. The number of methoxy groups -OCH3 is 1. The fourth-order valence-electron chi connectivity index (χ4n) is 1.30. The zero-order valence-corrected chi connectivity index (χ0v) is 10.3. The molecular weight excluding hydrogens is 220 g/mol. The van der Waals surface area contributed by atoms with Crippen molar-refractivity contribution in [2.75, 3.05) is 20.8 Å². The van der Waals surface area contributed by atoms with Gasteiger partial charge in [0.1, 0.15) is 0 Å². The van der Waals surface area contributed by atoms with Crippen molar-refractivity contribution in [3.8, 4) is 11.5 Å². The first-order chi connectivity index (χ1) is 8.08. The van der Waals surface area contributed by atoms with Crippen LogP contribution in [0.4, 0.5) is 0 Å². The number of benzene rings is 1. The second-order valence-electron chi connectivity index (χ2n) is 3.66. The van der Waals surface area contributed by atoms with E-state index in [9.17, 15) is 4.79 Å². The van der Waals surface area contributed by atoms with E-state index >= 15 is 0 Å². The molecule has 1 atom stereocenters. The van der Waals surface area contributed by atoms with E-state index in [0.29, 0.717) is 11.5 Å². The number of hydrogen-bond acceptors (Lipinski definition) is 4. The number of hydrogen-bond donors (Lipinski definition) is 2. The van der Waals surface area contributed by atoms with Crippen molar-refractivity contribution >= 4 is 5.91 Å². The van der Waals surface area contributed by atoms with Gasteiger partial charge >= 0.3 is 0 Å². The molecule has 0 aliphatic heterocycles. The van der Waals surface area contributed by atoms with Crippen molar-refractivity contribution in [1.29, 1.82) is 0 Å². The molecule has 0 spiro atoms. The molecule has 1 aromatic rings. The minimum absolute atomic E-state index is 0.0373. The summed E-state index contributed by atoms with van der Waals surface area (Å²) in [4.78, 5) is 11.1. The van der Waals surface area contributed by atoms with Crippen LogP contribution in [0.25, 0.3) is 0 Å². The molecule has 0 saturated carbocycles. The second-order valence-corrected chi connectivity index (χ2v) is 3.66. The molecule has 0 saturated heterocycles. The Morgan fingerprint density at radius 2 is 2.18 bits per heavy atom. The topological polar surface area (TPSA) is 73.6 Å². The standard InChI is InChI=1S/C12H18N2O3/c1-8(13)9-4-5-10(11(6-9)16-3)17-7-12(15)14-2/h4-6,8H,7,13H2,1-3H3,(H,14,15)/t8-/m0/s1. The minimum Gasteiger partial charge on any atom is -0.493 e. The molecule has 0 fully saturated rings. The molecule has 3 N–H and O–H groups in total. The van der Waals surface area contributed by atoms with Gasteiger partial charge in [0.15, 0.2) is 18.1 Å². The molecule has 0 unspecified atom stereocenters. The van der Waals surface area contributed by atoms with Crippen molar-refractivity contribution in [1.82, 2.24) is 5.32 Å². The van der Waals surface area contributed by atoms with E-state index in [1.165, 1.54) is 0 Å². The summed E-state index contributed by atoms with van der Waals surface area (Å²) in [7, 11) is 3.11. The predicted molar refractivity (Wildman–Crippen MR) is 65.2 cm³/mol. The summed E-state index contributed by atoms with van der Waals surface area (Å²) < 4.78 is 10.5. The zero-order valence-electron chi connectivity index (χ0n) is 10.3. The molecule has 0 aromatic heterocycles. The highest BCUT2D eigenvalue weighted by Gasteiger charge is 2.09. The van der Waals surface area contributed by atoms with Crippen molar-refractivity contribution in [2.45, 2.75) is 13.0 Å². The van der Waals surface area contributed by atoms with Crippen molar-refractivity contribution in [3.63, 3.8) is 0 Å². The lowest BCUT2D eigenvalue weighted by Gasteiger charge is -2.13. The van der Waals surface area contributed by atoms with Gasteiger partial charge in [0.25, 0.3) is 5.91 Å². The Morgan fingerprint density at radius 3 is 2.71 bits per heavy atom. The van der Waals surface area contributed by atoms with E-state index < -0.39 is 0 Å². The summed E-state index contributed by atoms with van der Waals surface area (Å²) in [5.74, 6) is 0.910. The highest BCUT2D eigenvalue weighted by Crippen LogP contribution is 2.29. The van der Waals surface area contributed by atoms with Crippen LogP contribution in [0.2, 0.25) is 0 Å². The quantitative estimate of drug-likeness (QED) is 0.797. The SMILES string of the molecule is CNC(=O)COc1ccc([C@H](C)N)cc1OC. The number of amides is 1. The van der Waals surface area contributed by atoms with Crippen LogP contribution in [0.3, 0.4) is 0 Å². The number of rotatable bonds is 5. The van der Waals surface area contributed by atoms with E-state index in [1.54, 1.807) is 20.2 Å². The van der Waals surface area contributed by atoms with Crippen LogP contribution >= 0.6 is 0 Å². The first-order valence-corrected chi connectivity index (χ1v) is 5.35. The normalized spacial score (nSPS) is 11.8. The van der Waals surface area contributed by atoms with E-state index in [0.717, 1.165) is 5.56 Å². The molecule has 94 valence electrons. The summed E-state index contributed by atoms with van der Waals surface area (Å²) in [5, 5.41) is 2.48. The van der Waals surface area contributed by atoms with Crippen molar-refractivity contribution in [3.05, 3.63) is 23.8 Å². The fraction of sp³-hybridized carbons (Fsp3) is 0.417. The predicted octanol–water partition coefficient (Wildman–Crippen LogP) is 0.840. The number of carbonyl (C=O) groups excluding carboxylic acids is 1. The maximum atomic E-state index is 11.1. The molecule has 0 radical (unpaired) electrons. The highest BCUT2D eigenvalue weighted by molar-refractivity contribution is 5.77. The fourth-order valence-corrected chi connectivity index (χ4v) is 1.30. The smallest absolute Gasteiger partial charge is 0.257 e. The Balaban J connectivity index is 2.81. The van der Waals surface area contributed by atoms with Gasteiger partial charge in [0, 0.05) is 13.1 Å². The van der Waals surface area contributed by atoms with Gasteiger partial charge in [-0.2, -0.15) is 0 Å². The number of likely N-dealkylation sites (N-methyl/N-ethyl adjacent to an activating group) is 1. The summed E-state index contributed by atoms with van der Waals surface area (Å²) in [6, 6.07) is 5.34. The van der Waals surface area contributed by atoms with E-state index in [1.807, 2.05) is 19.1 Å². The van der Waals surface area contributed by atoms with Gasteiger partial charge in [-0.1, -0.05) is 6.07 Å². The van der Waals surface area contributed by atoms with Crippen molar-refractivity contribution < 1.29 is 14.3 Å². The van der Waals surface area contributed by atoms with E-state index in [2.05, 4.69) is 5.32 Å². The van der Waals surface area contributed by atoms with Gasteiger partial charge < -0.3 is 20.5 Å². The van der Waals surface area contributed by atoms with Crippen LogP contribution in [0.5, 0.6) is 11.5 Å². The maximum Gasteiger partial charge on any atom is 0.257 e. The molecule has 0 bridgehead atoms. The zero-order chi connectivity index (χ0) is 12.8. The van der Waals surface area contributed by atoms with Gasteiger partial charge in [-0.15, -0.1) is 0 Å². The molecule has 0 heterocycles. The van der Waals surface area contributed by atoms with Gasteiger partial charge in [-0.05, 0) is 24.6 Å². The van der Waals surface area contributed by atoms with Gasteiger partial charge in [0.05, 0.1) is 7.11 Å². The Hall–Kier alpha value is -1.75. The number of ether oxygens (including phenoxy) is 2. The van der Waals surface area contributed by atoms with Gasteiger partial charge in [0.2, 0.25) is 0 Å². The summed E-state index contributed by atoms with van der Waals surface area (Å²) in [5.41, 5.74) is 6.72. The Bertz CT molecular complexity index is 391. The summed E-state index contributed by atoms with van der Waals surface area (Å²) >= 11 is 0. The lowest BCUT2D eigenvalue weighted by molar-refractivity contribution is -0.122. The molecule has 1 rings (SSSR count). The Kier molecular flexibility index (Phi) is 4.78. The van der Waals surface area contributed by atoms with Gasteiger partial charge in [-0.3, -0.25) is 4.79 Å². The number of nitrogens with two attached hydrogens (primary N) is 1. The molecule has 0 aliphatic rings. The first kappa shape index (κ1) is 13.3. The average Bonchev–Trinajstić information content (AvgIpc) is 2.35. The highest BCUT2D eigenvalue weighted by atomic mass is 16.5. The lowest BCUT2D eigenvalue weighted by Crippen LogP contribution is -2.24. The molecular formula is C12H18N2O3. The average molecular weight is 238 g/mol. The van der Waals surface area contributed by atoms with Crippen LogP contribution in [-0.2, 0) is 4.79 Å². The number of nitrogens with one attached hydrogen (secondary N) is 1. The first-order valence-electron chi connectivity index (χ1n) is 5.35. The van der Waals surface area contributed by atoms with E-state index in [-0.39, 0.29) is 18.6 Å². The molecule has 5 heteroatoms. The molecule has 0 aliphatic carbocycles. The third kappa shape index (κ3) is 3.64. The summed E-state index contributed by atoms with van der Waals surface area (Å²) in [6.07, 6.45) is 0. The van der Waals surface area contributed by atoms with Crippen LogP contribution in [0, 0.1) is 0 Å². The molecule has 17 heavy (non-hydrogen) atoms. The summed E-state index contributed by atoms with van der Waals surface area (Å²) in [6.45, 7) is 1.85. The van der Waals surface area contributed by atoms with Crippen LogP contribution in [-0.4, -0.2) is 26.7 Å². The minimum atomic E-state index is -0.191. The van der Waals surface area contributed by atoms with Crippen LogP contribution in [0.15, 0.2) is 18.2 Å². The van der Waals surface area contributed by atoms with Gasteiger partial charge in [-0.25, -0.2) is 0 Å². The Morgan fingerprint density at radius 1 is 1.47 bits per heavy atom. The maximum absolute atomic E-state index is 11.1. The largest absolute Gasteiger partial charge is 0.493 e. The van der Waals surface area contributed by atoms with Crippen LogP contribution in [0.1, 0.15) is 18.5 Å². The molecule has 5 nitrogen and oxygen atoms in total. The third-order valence-electron chi connectivity index (χ3n) is 2.35.